The van der Waals surface area contributed by atoms with Crippen molar-refractivity contribution in [2.45, 2.75) is 13.8 Å². The predicted molar refractivity (Wildman–Crippen MR) is 28.4 cm³/mol. The zero-order chi connectivity index (χ0) is 5.86. The van der Waals surface area contributed by atoms with Crippen molar-refractivity contribution in [2.24, 2.45) is 0 Å². The van der Waals surface area contributed by atoms with E-state index in [2.05, 4.69) is 0 Å². The fourth-order valence-electron chi connectivity index (χ4n) is 0.182. The minimum atomic E-state index is 0.0718. The monoisotopic (exact) mass is 100 g/mol. The summed E-state index contributed by atoms with van der Waals surface area (Å²) in [4.78, 5) is 11.8. The van der Waals surface area contributed by atoms with E-state index < -0.39 is 0 Å². The number of hydrogen-bond donors (Lipinski definition) is 0. The second-order valence-corrected chi connectivity index (χ2v) is 1.39. The molecule has 0 aliphatic heterocycles. The quantitative estimate of drug-likeness (QED) is 0.473. The van der Waals surface area contributed by atoms with Crippen LogP contribution in [0.1, 0.15) is 13.8 Å². The van der Waals surface area contributed by atoms with Gasteiger partial charge in [-0.05, 0) is 6.92 Å². The third kappa shape index (κ3) is 2.20. The van der Waals surface area contributed by atoms with Gasteiger partial charge in [-0.2, -0.15) is 0 Å². The Morgan fingerprint density at radius 2 is 2.14 bits per heavy atom. The van der Waals surface area contributed by atoms with Crippen molar-refractivity contribution in [1.82, 2.24) is 4.90 Å². The third-order valence-electron chi connectivity index (χ3n) is 0.884. The van der Waals surface area contributed by atoms with Gasteiger partial charge in [0.2, 0.25) is 5.91 Å². The lowest BCUT2D eigenvalue weighted by molar-refractivity contribution is -0.126. The maximum absolute atomic E-state index is 10.3. The molecule has 0 bridgehead atoms. The Hall–Kier alpha value is -0.530. The number of amides is 1. The van der Waals surface area contributed by atoms with Gasteiger partial charge in [0.15, 0.2) is 0 Å². The fraction of sp³-hybridized carbons (Fsp3) is 0.600. The van der Waals surface area contributed by atoms with Gasteiger partial charge in [-0.25, -0.2) is 0 Å². The van der Waals surface area contributed by atoms with Crippen LogP contribution in [-0.4, -0.2) is 17.9 Å². The Kier molecular flexibility index (Phi) is 2.41. The molecular weight excluding hydrogens is 90.1 g/mol. The van der Waals surface area contributed by atoms with Crippen LogP contribution < -0.4 is 0 Å². The standard InChI is InChI=1S/C5H10NO/c1-4-6(3)5(2)7/h4H,1-3H3. The molecule has 0 aliphatic rings. The molecule has 0 aromatic heterocycles. The first-order valence-electron chi connectivity index (χ1n) is 2.21. The van der Waals surface area contributed by atoms with Crippen molar-refractivity contribution in [3.63, 3.8) is 0 Å². The molecule has 0 saturated heterocycles. The first-order valence-corrected chi connectivity index (χ1v) is 2.21. The summed E-state index contributed by atoms with van der Waals surface area (Å²) < 4.78 is 0. The molecule has 1 amide bonds. The highest BCUT2D eigenvalue weighted by molar-refractivity contribution is 5.73. The van der Waals surface area contributed by atoms with Crippen LogP contribution in [0.2, 0.25) is 0 Å². The molecule has 0 aromatic carbocycles. The summed E-state index contributed by atoms with van der Waals surface area (Å²) >= 11 is 0. The molecule has 7 heavy (non-hydrogen) atoms. The number of hydrogen-bond acceptors (Lipinski definition) is 1. The van der Waals surface area contributed by atoms with Gasteiger partial charge in [-0.15, -0.1) is 0 Å². The molecule has 0 heterocycles. The summed E-state index contributed by atoms with van der Waals surface area (Å²) in [6.07, 6.45) is 0. The van der Waals surface area contributed by atoms with E-state index in [-0.39, 0.29) is 5.91 Å². The van der Waals surface area contributed by atoms with Crippen LogP contribution in [0.15, 0.2) is 0 Å². The molecular formula is C5H10NO. The molecule has 2 nitrogen and oxygen atoms in total. The van der Waals surface area contributed by atoms with Crippen LogP contribution >= 0.6 is 0 Å². The molecule has 2 heteroatoms. The van der Waals surface area contributed by atoms with Crippen molar-refractivity contribution in [3.05, 3.63) is 6.54 Å². The van der Waals surface area contributed by atoms with E-state index in [1.165, 1.54) is 11.8 Å². The van der Waals surface area contributed by atoms with Crippen molar-refractivity contribution in [2.75, 3.05) is 7.05 Å². The number of carbonyl (C=O) groups is 1. The van der Waals surface area contributed by atoms with Gasteiger partial charge in [0.1, 0.15) is 0 Å². The van der Waals surface area contributed by atoms with Crippen LogP contribution in [0.25, 0.3) is 0 Å². The lowest BCUT2D eigenvalue weighted by Crippen LogP contribution is -2.18. The SMILES string of the molecule is C[CH]N(C)C(C)=O. The minimum absolute atomic E-state index is 0.0718. The number of carbonyl (C=O) groups excluding carboxylic acids is 1. The molecule has 0 unspecified atom stereocenters. The van der Waals surface area contributed by atoms with Gasteiger partial charge < -0.3 is 4.90 Å². The summed E-state index contributed by atoms with van der Waals surface area (Å²) in [5.74, 6) is 0.0718. The highest BCUT2D eigenvalue weighted by atomic mass is 16.2. The molecule has 0 aromatic rings. The summed E-state index contributed by atoms with van der Waals surface area (Å²) in [5.41, 5.74) is 0. The van der Waals surface area contributed by atoms with Crippen molar-refractivity contribution in [3.8, 4) is 0 Å². The molecule has 0 saturated carbocycles. The first-order chi connectivity index (χ1) is 3.18. The van der Waals surface area contributed by atoms with Crippen molar-refractivity contribution in [1.29, 1.82) is 0 Å². The van der Waals surface area contributed by atoms with Crippen molar-refractivity contribution < 1.29 is 4.79 Å². The van der Waals surface area contributed by atoms with Crippen molar-refractivity contribution >= 4 is 5.91 Å². The van der Waals surface area contributed by atoms with Crippen LogP contribution in [0.3, 0.4) is 0 Å². The second kappa shape index (κ2) is 2.61. The Morgan fingerprint density at radius 3 is 2.14 bits per heavy atom. The van der Waals surface area contributed by atoms with Crippen LogP contribution in [0.5, 0.6) is 0 Å². The van der Waals surface area contributed by atoms with Gasteiger partial charge in [0, 0.05) is 20.5 Å². The topological polar surface area (TPSA) is 20.3 Å². The molecule has 0 aliphatic carbocycles. The summed E-state index contributed by atoms with van der Waals surface area (Å²) in [5, 5.41) is 0. The fourth-order valence-corrected chi connectivity index (χ4v) is 0.182. The first kappa shape index (κ1) is 6.47. The van der Waals surface area contributed by atoms with E-state index in [9.17, 15) is 4.79 Å². The summed E-state index contributed by atoms with van der Waals surface area (Å²) in [6, 6.07) is 0. The van der Waals surface area contributed by atoms with Crippen LogP contribution in [0, 0.1) is 6.54 Å². The zero-order valence-electron chi connectivity index (χ0n) is 4.93. The number of nitrogens with zero attached hydrogens (tertiary/aromatic N) is 1. The molecule has 41 valence electrons. The van der Waals surface area contributed by atoms with Gasteiger partial charge >= 0.3 is 0 Å². The van der Waals surface area contributed by atoms with Gasteiger partial charge in [-0.3, -0.25) is 4.79 Å². The lowest BCUT2D eigenvalue weighted by Gasteiger charge is -2.08. The minimum Gasteiger partial charge on any atom is -0.341 e. The molecule has 0 N–H and O–H groups in total. The Balaban J connectivity index is 3.34. The molecule has 0 fully saturated rings. The largest absolute Gasteiger partial charge is 0.341 e. The predicted octanol–water partition coefficient (Wildman–Crippen LogP) is 0.646. The maximum Gasteiger partial charge on any atom is 0.219 e. The highest BCUT2D eigenvalue weighted by Crippen LogP contribution is 1.83. The van der Waals surface area contributed by atoms with E-state index in [1.807, 2.05) is 6.92 Å². The normalized spacial score (nSPS) is 8.43. The number of rotatable bonds is 1. The second-order valence-electron chi connectivity index (χ2n) is 1.39. The van der Waals surface area contributed by atoms with E-state index in [1.54, 1.807) is 13.6 Å². The van der Waals surface area contributed by atoms with Gasteiger partial charge in [0.25, 0.3) is 0 Å². The smallest absolute Gasteiger partial charge is 0.219 e. The Bertz CT molecular complexity index is 70.5. The third-order valence-corrected chi connectivity index (χ3v) is 0.884. The Labute approximate surface area is 44.1 Å². The summed E-state index contributed by atoms with van der Waals surface area (Å²) in [7, 11) is 1.72. The van der Waals surface area contributed by atoms with E-state index in [0.717, 1.165) is 0 Å². The molecule has 0 atom stereocenters. The zero-order valence-corrected chi connectivity index (χ0v) is 4.93. The highest BCUT2D eigenvalue weighted by Gasteiger charge is 1.94. The maximum atomic E-state index is 10.3. The average Bonchev–Trinajstić information content (AvgIpc) is 1.65. The van der Waals surface area contributed by atoms with Crippen LogP contribution in [0.4, 0.5) is 0 Å². The summed E-state index contributed by atoms with van der Waals surface area (Å²) in [6.45, 7) is 5.07. The van der Waals surface area contributed by atoms with E-state index >= 15 is 0 Å². The van der Waals surface area contributed by atoms with Crippen LogP contribution in [-0.2, 0) is 4.79 Å². The van der Waals surface area contributed by atoms with Gasteiger partial charge in [-0.1, -0.05) is 0 Å². The van der Waals surface area contributed by atoms with E-state index in [0.29, 0.717) is 0 Å². The molecule has 0 spiro atoms. The lowest BCUT2D eigenvalue weighted by atomic mass is 10.6. The van der Waals surface area contributed by atoms with Gasteiger partial charge in [0.05, 0.1) is 0 Å². The molecule has 0 rings (SSSR count). The van der Waals surface area contributed by atoms with E-state index in [4.69, 9.17) is 0 Å². The Morgan fingerprint density at radius 1 is 1.71 bits per heavy atom. The molecule has 1 radical (unpaired) electrons. The average molecular weight is 100 g/mol.